The summed E-state index contributed by atoms with van der Waals surface area (Å²) >= 11 is 0. The predicted octanol–water partition coefficient (Wildman–Crippen LogP) is 2.49. The Bertz CT molecular complexity index is 448. The fourth-order valence-corrected chi connectivity index (χ4v) is 1.61. The zero-order valence-corrected chi connectivity index (χ0v) is 11.4. The van der Waals surface area contributed by atoms with E-state index in [1.54, 1.807) is 6.92 Å². The highest BCUT2D eigenvalue weighted by Crippen LogP contribution is 2.35. The summed E-state index contributed by atoms with van der Waals surface area (Å²) in [7, 11) is 1.51. The normalized spacial score (nSPS) is 14.9. The minimum atomic E-state index is -4.50. The number of halogens is 3. The number of hydrogen-bond acceptors (Lipinski definition) is 4. The van der Waals surface area contributed by atoms with Crippen LogP contribution in [0.4, 0.5) is 24.5 Å². The minimum absolute atomic E-state index is 0.109. The lowest BCUT2D eigenvalue weighted by atomic mass is 10.0. The van der Waals surface area contributed by atoms with Crippen molar-refractivity contribution in [2.45, 2.75) is 25.1 Å². The molecule has 0 amide bonds. The zero-order valence-electron chi connectivity index (χ0n) is 11.4. The number of methoxy groups -OCH3 is 1. The smallest absolute Gasteiger partial charge is 0.398 e. The average molecular weight is 292 g/mol. The Kier molecular flexibility index (Phi) is 5.24. The molecule has 0 aliphatic rings. The van der Waals surface area contributed by atoms with Crippen LogP contribution in [0.15, 0.2) is 18.2 Å². The van der Waals surface area contributed by atoms with Gasteiger partial charge in [0.25, 0.3) is 0 Å². The van der Waals surface area contributed by atoms with E-state index in [1.807, 2.05) is 0 Å². The maximum absolute atomic E-state index is 12.7. The number of nitrogens with one attached hydrogen (secondary N) is 1. The van der Waals surface area contributed by atoms with Crippen LogP contribution in [0, 0.1) is 0 Å². The van der Waals surface area contributed by atoms with E-state index in [0.717, 1.165) is 6.07 Å². The van der Waals surface area contributed by atoms with Crippen molar-refractivity contribution in [3.8, 4) is 0 Å². The Morgan fingerprint density at radius 2 is 2.00 bits per heavy atom. The van der Waals surface area contributed by atoms with Crippen LogP contribution in [-0.4, -0.2) is 31.0 Å². The lowest BCUT2D eigenvalue weighted by Gasteiger charge is -2.24. The Morgan fingerprint density at radius 3 is 2.55 bits per heavy atom. The summed E-state index contributed by atoms with van der Waals surface area (Å²) in [6.07, 6.45) is -4.13. The molecule has 0 aromatic heterocycles. The van der Waals surface area contributed by atoms with Gasteiger partial charge in [-0.25, -0.2) is 0 Å². The van der Waals surface area contributed by atoms with Gasteiger partial charge in [-0.1, -0.05) is 0 Å². The van der Waals surface area contributed by atoms with Crippen molar-refractivity contribution in [3.63, 3.8) is 0 Å². The fraction of sp³-hybridized carbons (Fsp3) is 0.538. The summed E-state index contributed by atoms with van der Waals surface area (Å²) in [5.74, 6) is 0. The fourth-order valence-electron chi connectivity index (χ4n) is 1.61. The third-order valence-corrected chi connectivity index (χ3v) is 2.88. The molecule has 114 valence electrons. The van der Waals surface area contributed by atoms with Crippen molar-refractivity contribution in [3.05, 3.63) is 23.8 Å². The number of benzene rings is 1. The lowest BCUT2D eigenvalue weighted by molar-refractivity contribution is -0.136. The van der Waals surface area contributed by atoms with Crippen LogP contribution in [-0.2, 0) is 10.9 Å². The molecule has 1 rings (SSSR count). The van der Waals surface area contributed by atoms with E-state index < -0.39 is 17.3 Å². The molecule has 20 heavy (non-hydrogen) atoms. The number of alkyl halides is 3. The third kappa shape index (κ3) is 4.90. The summed E-state index contributed by atoms with van der Waals surface area (Å²) in [4.78, 5) is 0. The van der Waals surface area contributed by atoms with Gasteiger partial charge in [-0.15, -0.1) is 0 Å². The largest absolute Gasteiger partial charge is 0.418 e. The number of nitrogen functional groups attached to an aromatic ring is 1. The van der Waals surface area contributed by atoms with Gasteiger partial charge in [-0.3, -0.25) is 0 Å². The molecule has 1 aromatic carbocycles. The molecule has 1 aromatic rings. The van der Waals surface area contributed by atoms with Gasteiger partial charge in [0.05, 0.1) is 11.2 Å². The van der Waals surface area contributed by atoms with E-state index in [4.69, 9.17) is 10.5 Å². The Labute approximate surface area is 115 Å². The molecule has 1 atom stereocenters. The number of nitrogens with two attached hydrogens (primary N) is 1. The maximum atomic E-state index is 12.7. The highest BCUT2D eigenvalue weighted by atomic mass is 19.4. The lowest BCUT2D eigenvalue weighted by Crippen LogP contribution is -2.34. The first kappa shape index (κ1) is 16.6. The first-order chi connectivity index (χ1) is 9.15. The maximum Gasteiger partial charge on any atom is 0.418 e. The van der Waals surface area contributed by atoms with Crippen molar-refractivity contribution in [2.24, 2.45) is 0 Å². The summed E-state index contributed by atoms with van der Waals surface area (Å²) in [5.41, 5.74) is 3.28. The van der Waals surface area contributed by atoms with Crippen molar-refractivity contribution < 1.29 is 23.0 Å². The van der Waals surface area contributed by atoms with Crippen LogP contribution < -0.4 is 11.1 Å². The molecule has 4 nitrogen and oxygen atoms in total. The molecule has 0 radical (unpaired) electrons. The molecule has 0 aliphatic carbocycles. The van der Waals surface area contributed by atoms with Crippen LogP contribution >= 0.6 is 0 Å². The molecular weight excluding hydrogens is 273 g/mol. The number of hydrogen-bond donors (Lipinski definition) is 3. The van der Waals surface area contributed by atoms with Gasteiger partial charge in [-0.05, 0) is 25.1 Å². The van der Waals surface area contributed by atoms with Crippen LogP contribution in [0.5, 0.6) is 0 Å². The zero-order chi connectivity index (χ0) is 15.4. The highest BCUT2D eigenvalue weighted by molar-refractivity contribution is 5.58. The molecule has 0 fully saturated rings. The van der Waals surface area contributed by atoms with Crippen molar-refractivity contribution in [1.82, 2.24) is 0 Å². The molecule has 0 heterocycles. The second kappa shape index (κ2) is 6.32. The molecule has 0 bridgehead atoms. The number of rotatable bonds is 6. The summed E-state index contributed by atoms with van der Waals surface area (Å²) in [6.45, 7) is 2.06. The molecular formula is C13H19F3N2O2. The number of ether oxygens (including phenoxy) is 1. The average Bonchev–Trinajstić information content (AvgIpc) is 2.34. The standard InChI is InChI=1S/C13H19F3N2O2/c1-12(19,5-6-20-2)8-18-9-3-4-11(17)10(7-9)13(14,15)16/h3-4,7,18-19H,5-6,8,17H2,1-2H3. The van der Waals surface area contributed by atoms with Gasteiger partial charge in [0.2, 0.25) is 0 Å². The first-order valence-electron chi connectivity index (χ1n) is 6.07. The molecule has 4 N–H and O–H groups in total. The van der Waals surface area contributed by atoms with E-state index in [1.165, 1.54) is 19.2 Å². The quantitative estimate of drug-likeness (QED) is 0.705. The van der Waals surface area contributed by atoms with E-state index >= 15 is 0 Å². The molecule has 0 spiro atoms. The van der Waals surface area contributed by atoms with E-state index in [0.29, 0.717) is 13.0 Å². The van der Waals surface area contributed by atoms with Gasteiger partial charge in [0.1, 0.15) is 0 Å². The van der Waals surface area contributed by atoms with Gasteiger partial charge in [0.15, 0.2) is 0 Å². The molecule has 7 heteroatoms. The SMILES string of the molecule is COCCC(C)(O)CNc1ccc(N)c(C(F)(F)F)c1. The van der Waals surface area contributed by atoms with Gasteiger partial charge < -0.3 is 20.9 Å². The van der Waals surface area contributed by atoms with Crippen LogP contribution in [0.2, 0.25) is 0 Å². The van der Waals surface area contributed by atoms with Gasteiger partial charge in [0, 0.05) is 38.1 Å². The van der Waals surface area contributed by atoms with Crippen molar-refractivity contribution in [1.29, 1.82) is 0 Å². The second-order valence-corrected chi connectivity index (χ2v) is 4.89. The van der Waals surface area contributed by atoms with E-state index in [9.17, 15) is 18.3 Å². The first-order valence-corrected chi connectivity index (χ1v) is 6.07. The summed E-state index contributed by atoms with van der Waals surface area (Å²) < 4.78 is 42.9. The van der Waals surface area contributed by atoms with Gasteiger partial charge >= 0.3 is 6.18 Å². The highest BCUT2D eigenvalue weighted by Gasteiger charge is 2.33. The monoisotopic (exact) mass is 292 g/mol. The van der Waals surface area contributed by atoms with Gasteiger partial charge in [-0.2, -0.15) is 13.2 Å². The minimum Gasteiger partial charge on any atom is -0.398 e. The molecule has 0 saturated heterocycles. The number of aliphatic hydroxyl groups is 1. The topological polar surface area (TPSA) is 67.5 Å². The van der Waals surface area contributed by atoms with Crippen LogP contribution in [0.3, 0.4) is 0 Å². The third-order valence-electron chi connectivity index (χ3n) is 2.88. The Hall–Kier alpha value is -1.47. The van der Waals surface area contributed by atoms with E-state index in [-0.39, 0.29) is 17.9 Å². The molecule has 1 unspecified atom stereocenters. The van der Waals surface area contributed by atoms with Crippen molar-refractivity contribution in [2.75, 3.05) is 31.3 Å². The van der Waals surface area contributed by atoms with E-state index in [2.05, 4.69) is 5.32 Å². The second-order valence-electron chi connectivity index (χ2n) is 4.89. The van der Waals surface area contributed by atoms with Crippen molar-refractivity contribution >= 4 is 11.4 Å². The molecule has 0 aliphatic heterocycles. The van der Waals surface area contributed by atoms with Crippen LogP contribution in [0.1, 0.15) is 18.9 Å². The Balaban J connectivity index is 2.74. The Morgan fingerprint density at radius 1 is 1.35 bits per heavy atom. The summed E-state index contributed by atoms with van der Waals surface area (Å²) in [5, 5.41) is 12.8. The predicted molar refractivity (Wildman–Crippen MR) is 71.5 cm³/mol. The number of anilines is 2. The van der Waals surface area contributed by atoms with Crippen LogP contribution in [0.25, 0.3) is 0 Å². The molecule has 0 saturated carbocycles. The summed E-state index contributed by atoms with van der Waals surface area (Å²) in [6, 6.07) is 3.56.